The smallest absolute Gasteiger partial charge is 0.468 e. The van der Waals surface area contributed by atoms with Crippen LogP contribution < -0.4 is 16.6 Å². The molecule has 1 amide bonds. The van der Waals surface area contributed by atoms with Gasteiger partial charge in [-0.3, -0.25) is 23.9 Å². The van der Waals surface area contributed by atoms with Crippen molar-refractivity contribution >= 4 is 11.9 Å². The van der Waals surface area contributed by atoms with Crippen molar-refractivity contribution in [1.29, 1.82) is 0 Å². The highest BCUT2D eigenvalue weighted by Gasteiger charge is 2.38. The number of halogens is 3. The van der Waals surface area contributed by atoms with Crippen LogP contribution >= 0.6 is 0 Å². The summed E-state index contributed by atoms with van der Waals surface area (Å²) in [5, 5.41) is 10.8. The first-order valence-corrected chi connectivity index (χ1v) is 7.90. The quantitative estimate of drug-likeness (QED) is 0.433. The summed E-state index contributed by atoms with van der Waals surface area (Å²) in [4.78, 5) is 47.6. The number of amides is 1. The van der Waals surface area contributed by atoms with E-state index in [1.165, 1.54) is 5.32 Å². The minimum absolute atomic E-state index is 0.00518. The molecule has 29 heavy (non-hydrogen) atoms. The number of aliphatic hydroxyl groups is 1. The molecule has 1 atom stereocenters. The Morgan fingerprint density at radius 1 is 1.45 bits per heavy atom. The molecule has 1 aromatic rings. The molecule has 0 fully saturated rings. The molecule has 1 aromatic heterocycles. The van der Waals surface area contributed by atoms with Gasteiger partial charge in [-0.2, -0.15) is 13.2 Å². The Kier molecular flexibility index (Phi) is 6.49. The number of aromatic amines is 1. The van der Waals surface area contributed by atoms with Crippen molar-refractivity contribution in [1.82, 2.24) is 14.9 Å². The highest BCUT2D eigenvalue weighted by Crippen LogP contribution is 2.31. The normalized spacial score (nSPS) is 16.0. The van der Waals surface area contributed by atoms with Crippen molar-refractivity contribution in [2.75, 3.05) is 13.2 Å². The molecule has 0 aromatic carbocycles. The van der Waals surface area contributed by atoms with Crippen LogP contribution in [0.3, 0.4) is 0 Å². The number of H-pyrrole nitrogens is 1. The first-order valence-electron chi connectivity index (χ1n) is 7.90. The van der Waals surface area contributed by atoms with Gasteiger partial charge in [0, 0.05) is 13.1 Å². The van der Waals surface area contributed by atoms with Crippen molar-refractivity contribution < 1.29 is 37.3 Å². The van der Waals surface area contributed by atoms with E-state index in [2.05, 4.69) is 11.8 Å². The fraction of sp³-hybridized carbons (Fsp3) is 0.375. The topological polar surface area (TPSA) is 140 Å². The van der Waals surface area contributed by atoms with Crippen LogP contribution in [0.1, 0.15) is 25.1 Å². The maximum Gasteiger partial charge on any atom is 0.471 e. The lowest BCUT2D eigenvalue weighted by atomic mass is 10.3. The summed E-state index contributed by atoms with van der Waals surface area (Å²) < 4.78 is 47.4. The Labute approximate surface area is 159 Å². The van der Waals surface area contributed by atoms with Crippen molar-refractivity contribution in [2.45, 2.75) is 25.7 Å². The predicted octanol–water partition coefficient (Wildman–Crippen LogP) is -0.748. The fourth-order valence-electron chi connectivity index (χ4n) is 2.25. The molecule has 0 saturated carbocycles. The molecule has 2 heterocycles. The van der Waals surface area contributed by atoms with E-state index < -0.39 is 48.7 Å². The number of carbonyl (C=O) groups is 2. The maximum atomic E-state index is 12.1. The number of alkyl halides is 3. The van der Waals surface area contributed by atoms with E-state index in [1.807, 2.05) is 4.98 Å². The highest BCUT2D eigenvalue weighted by atomic mass is 19.4. The molecule has 0 unspecified atom stereocenters. The molecule has 13 heteroatoms. The fourth-order valence-corrected chi connectivity index (χ4v) is 2.25. The third-order valence-electron chi connectivity index (χ3n) is 3.46. The Morgan fingerprint density at radius 3 is 2.72 bits per heavy atom. The zero-order chi connectivity index (χ0) is 21.8. The standard InChI is InChI=1S/C16H14F3N3O7/c1-8(24)28-10-5-12(29-11(10)7-23)22-6-9(13(25)21-15(22)27)3-2-4-20-14(26)16(17,18)19/h6,12,23H,4-5,7H2,1H3,(H,20,26)(H,21,25,27)/t12-/m1/s1. The Balaban J connectivity index is 2.20. The van der Waals surface area contributed by atoms with E-state index in [0.29, 0.717) is 0 Å². The summed E-state index contributed by atoms with van der Waals surface area (Å²) in [6.07, 6.45) is -5.25. The van der Waals surface area contributed by atoms with Gasteiger partial charge in [0.05, 0.1) is 13.0 Å². The largest absolute Gasteiger partial charge is 0.471 e. The number of nitrogens with zero attached hydrogens (tertiary/aromatic N) is 1. The predicted molar refractivity (Wildman–Crippen MR) is 87.9 cm³/mol. The molecule has 0 aliphatic carbocycles. The van der Waals surface area contributed by atoms with Crippen LogP contribution in [0, 0.1) is 11.8 Å². The summed E-state index contributed by atoms with van der Waals surface area (Å²) in [5.41, 5.74) is -2.09. The van der Waals surface area contributed by atoms with Gasteiger partial charge in [0.2, 0.25) is 0 Å². The van der Waals surface area contributed by atoms with Crippen molar-refractivity contribution in [3.8, 4) is 11.8 Å². The molecule has 2 rings (SSSR count). The first-order chi connectivity index (χ1) is 13.5. The van der Waals surface area contributed by atoms with Crippen LogP contribution in [0.2, 0.25) is 0 Å². The third-order valence-corrected chi connectivity index (χ3v) is 3.46. The minimum atomic E-state index is -5.07. The van der Waals surface area contributed by atoms with E-state index in [9.17, 15) is 37.5 Å². The van der Waals surface area contributed by atoms with Gasteiger partial charge in [-0.15, -0.1) is 0 Å². The van der Waals surface area contributed by atoms with Crippen LogP contribution in [0.4, 0.5) is 13.2 Å². The molecule has 10 nitrogen and oxygen atoms in total. The van der Waals surface area contributed by atoms with Gasteiger partial charge < -0.3 is 19.9 Å². The average Bonchev–Trinajstić information content (AvgIpc) is 3.00. The molecule has 1 aliphatic heterocycles. The molecule has 1 aliphatic rings. The molecular formula is C16H14F3N3O7. The number of aliphatic hydroxyl groups excluding tert-OH is 1. The summed E-state index contributed by atoms with van der Waals surface area (Å²) in [7, 11) is 0. The highest BCUT2D eigenvalue weighted by molar-refractivity contribution is 5.81. The number of rotatable bonds is 4. The lowest BCUT2D eigenvalue weighted by molar-refractivity contribution is -0.173. The van der Waals surface area contributed by atoms with Gasteiger partial charge >= 0.3 is 23.7 Å². The van der Waals surface area contributed by atoms with Crippen molar-refractivity contribution in [3.63, 3.8) is 0 Å². The van der Waals surface area contributed by atoms with Crippen LogP contribution in [-0.2, 0) is 19.1 Å². The molecule has 156 valence electrons. The Bertz CT molecular complexity index is 1030. The van der Waals surface area contributed by atoms with E-state index in [1.54, 1.807) is 0 Å². The summed E-state index contributed by atoms with van der Waals surface area (Å²) >= 11 is 0. The third kappa shape index (κ3) is 5.48. The van der Waals surface area contributed by atoms with E-state index in [-0.39, 0.29) is 23.5 Å². The number of aromatic nitrogens is 2. The Hall–Kier alpha value is -3.53. The number of esters is 1. The number of carbonyl (C=O) groups excluding carboxylic acids is 2. The van der Waals surface area contributed by atoms with Gasteiger partial charge in [-0.25, -0.2) is 4.79 Å². The Morgan fingerprint density at radius 2 is 2.14 bits per heavy atom. The van der Waals surface area contributed by atoms with Crippen LogP contribution in [0.15, 0.2) is 27.3 Å². The monoisotopic (exact) mass is 417 g/mol. The second-order valence-corrected chi connectivity index (χ2v) is 5.57. The minimum Gasteiger partial charge on any atom is -0.468 e. The number of hydrogen-bond donors (Lipinski definition) is 3. The second kappa shape index (κ2) is 8.65. The average molecular weight is 417 g/mol. The number of ether oxygens (including phenoxy) is 2. The molecule has 0 spiro atoms. The van der Waals surface area contributed by atoms with Crippen molar-refractivity contribution in [3.05, 3.63) is 44.1 Å². The summed E-state index contributed by atoms with van der Waals surface area (Å²) in [6.45, 7) is -0.167. The van der Waals surface area contributed by atoms with Gasteiger partial charge in [0.1, 0.15) is 12.2 Å². The van der Waals surface area contributed by atoms with Crippen LogP contribution in [-0.4, -0.2) is 45.9 Å². The van der Waals surface area contributed by atoms with E-state index >= 15 is 0 Å². The number of nitrogens with one attached hydrogen (secondary N) is 2. The molecular weight excluding hydrogens is 403 g/mol. The molecule has 3 N–H and O–H groups in total. The number of hydrogen-bond acceptors (Lipinski definition) is 7. The zero-order valence-electron chi connectivity index (χ0n) is 14.8. The maximum absolute atomic E-state index is 12.1. The van der Waals surface area contributed by atoms with Crippen LogP contribution in [0.25, 0.3) is 0 Å². The summed E-state index contributed by atoms with van der Waals surface area (Å²) in [5.74, 6) is 1.47. The van der Waals surface area contributed by atoms with E-state index in [0.717, 1.165) is 17.7 Å². The second-order valence-electron chi connectivity index (χ2n) is 5.57. The molecule has 0 bridgehead atoms. The van der Waals surface area contributed by atoms with Crippen molar-refractivity contribution in [2.24, 2.45) is 0 Å². The first kappa shape index (κ1) is 21.8. The van der Waals surface area contributed by atoms with Gasteiger partial charge in [-0.05, 0) is 0 Å². The van der Waals surface area contributed by atoms with Crippen LogP contribution in [0.5, 0.6) is 0 Å². The van der Waals surface area contributed by atoms with Gasteiger partial charge in [0.25, 0.3) is 5.56 Å². The SMILES string of the molecule is CC(=O)OC1=C(CO)O[C@@H](n2cc(C#CCNC(=O)C(F)(F)F)c(=O)[nH]c2=O)C1. The molecule has 0 radical (unpaired) electrons. The van der Waals surface area contributed by atoms with Gasteiger partial charge in [0.15, 0.2) is 17.7 Å². The van der Waals surface area contributed by atoms with E-state index in [4.69, 9.17) is 9.47 Å². The lowest BCUT2D eigenvalue weighted by Gasteiger charge is -2.14. The molecule has 0 saturated heterocycles. The summed E-state index contributed by atoms with van der Waals surface area (Å²) in [6, 6.07) is 0. The van der Waals surface area contributed by atoms with Gasteiger partial charge in [-0.1, -0.05) is 11.8 Å². The zero-order valence-corrected chi connectivity index (χ0v) is 14.8. The lowest BCUT2D eigenvalue weighted by Crippen LogP contribution is -2.37.